The Labute approximate surface area is 79.1 Å². The molecule has 70 valence electrons. The molecule has 1 aromatic rings. The molecular weight excluding hydrogens is 162 g/mol. The maximum atomic E-state index is 4.35. The lowest BCUT2D eigenvalue weighted by atomic mass is 10.4. The number of rotatable bonds is 2. The van der Waals surface area contributed by atoms with Crippen molar-refractivity contribution >= 4 is 11.9 Å². The van der Waals surface area contributed by atoms with Gasteiger partial charge in [-0.05, 0) is 19.9 Å². The highest BCUT2D eigenvalue weighted by Gasteiger charge is 2.00. The average Bonchev–Trinajstić information content (AvgIpc) is 2.03. The molecule has 3 nitrogen and oxygen atoms in total. The first-order valence-electron chi connectivity index (χ1n) is 4.29. The lowest BCUT2D eigenvalue weighted by Crippen LogP contribution is -2.12. The molecule has 0 aromatic carbocycles. The zero-order valence-electron chi connectivity index (χ0n) is 8.57. The molecule has 0 aliphatic heterocycles. The van der Waals surface area contributed by atoms with Gasteiger partial charge in [0.25, 0.3) is 0 Å². The molecule has 0 unspecified atom stereocenters. The largest absolute Gasteiger partial charge is 0.363 e. The Bertz CT molecular complexity index is 316. The third kappa shape index (κ3) is 2.54. The van der Waals surface area contributed by atoms with E-state index in [0.29, 0.717) is 0 Å². The summed E-state index contributed by atoms with van der Waals surface area (Å²) in [4.78, 5) is 10.6. The van der Waals surface area contributed by atoms with Crippen LogP contribution in [-0.2, 0) is 0 Å². The van der Waals surface area contributed by atoms with Crippen LogP contribution in [0.1, 0.15) is 18.4 Å². The molecule has 0 fully saturated rings. The first-order chi connectivity index (χ1) is 6.13. The van der Waals surface area contributed by atoms with E-state index in [1.807, 2.05) is 51.1 Å². The summed E-state index contributed by atoms with van der Waals surface area (Å²) >= 11 is 0. The second-order valence-electron chi connectivity index (χ2n) is 3.12. The molecule has 1 aromatic heterocycles. The van der Waals surface area contributed by atoms with Crippen molar-refractivity contribution in [1.82, 2.24) is 9.97 Å². The Morgan fingerprint density at radius 2 is 2.00 bits per heavy atom. The molecule has 0 bridgehead atoms. The summed E-state index contributed by atoms with van der Waals surface area (Å²) in [5.74, 6) is 1.71. The molecule has 3 heteroatoms. The van der Waals surface area contributed by atoms with Crippen LogP contribution in [0, 0.1) is 6.92 Å². The van der Waals surface area contributed by atoms with Crippen LogP contribution in [0.3, 0.4) is 0 Å². The van der Waals surface area contributed by atoms with E-state index in [2.05, 4.69) is 9.97 Å². The molecule has 1 heterocycles. The molecule has 0 spiro atoms. The van der Waals surface area contributed by atoms with Crippen molar-refractivity contribution in [3.8, 4) is 0 Å². The van der Waals surface area contributed by atoms with E-state index in [1.54, 1.807) is 0 Å². The van der Waals surface area contributed by atoms with Crippen molar-refractivity contribution < 1.29 is 0 Å². The summed E-state index contributed by atoms with van der Waals surface area (Å²) < 4.78 is 0. The highest BCUT2D eigenvalue weighted by molar-refractivity contribution is 5.46. The number of hydrogen-bond acceptors (Lipinski definition) is 3. The number of hydrogen-bond donors (Lipinski definition) is 0. The lowest BCUT2D eigenvalue weighted by molar-refractivity contribution is 1.00. The SMILES string of the molecule is CC=Cc1nc(C)cc(N(C)C)n1. The predicted molar refractivity (Wildman–Crippen MR) is 55.8 cm³/mol. The normalized spacial score (nSPS) is 10.8. The van der Waals surface area contributed by atoms with Crippen molar-refractivity contribution in [2.24, 2.45) is 0 Å². The van der Waals surface area contributed by atoms with Crippen LogP contribution in [0.2, 0.25) is 0 Å². The van der Waals surface area contributed by atoms with Crippen molar-refractivity contribution in [2.45, 2.75) is 13.8 Å². The van der Waals surface area contributed by atoms with Gasteiger partial charge in [-0.2, -0.15) is 0 Å². The summed E-state index contributed by atoms with van der Waals surface area (Å²) in [6.07, 6.45) is 3.84. The Morgan fingerprint density at radius 3 is 2.54 bits per heavy atom. The fraction of sp³-hybridized carbons (Fsp3) is 0.400. The number of nitrogens with zero attached hydrogens (tertiary/aromatic N) is 3. The van der Waals surface area contributed by atoms with Crippen LogP contribution in [0.15, 0.2) is 12.1 Å². The van der Waals surface area contributed by atoms with Crippen LogP contribution in [0.5, 0.6) is 0 Å². The monoisotopic (exact) mass is 177 g/mol. The number of aromatic nitrogens is 2. The highest BCUT2D eigenvalue weighted by atomic mass is 15.1. The Hall–Kier alpha value is -1.38. The zero-order chi connectivity index (χ0) is 9.84. The molecule has 0 amide bonds. The zero-order valence-corrected chi connectivity index (χ0v) is 8.57. The van der Waals surface area contributed by atoms with Gasteiger partial charge in [-0.1, -0.05) is 6.08 Å². The Morgan fingerprint density at radius 1 is 1.31 bits per heavy atom. The third-order valence-corrected chi connectivity index (χ3v) is 1.63. The average molecular weight is 177 g/mol. The molecule has 0 aliphatic rings. The van der Waals surface area contributed by atoms with Crippen molar-refractivity contribution in [3.05, 3.63) is 23.7 Å². The summed E-state index contributed by atoms with van der Waals surface area (Å²) in [5.41, 5.74) is 0.992. The van der Waals surface area contributed by atoms with E-state index in [9.17, 15) is 0 Å². The first kappa shape index (κ1) is 9.71. The van der Waals surface area contributed by atoms with E-state index in [1.165, 1.54) is 0 Å². The topological polar surface area (TPSA) is 29.0 Å². The molecular formula is C10H15N3. The van der Waals surface area contributed by atoms with Gasteiger partial charge in [-0.25, -0.2) is 9.97 Å². The summed E-state index contributed by atoms with van der Waals surface area (Å²) in [5, 5.41) is 0. The van der Waals surface area contributed by atoms with E-state index in [0.717, 1.165) is 17.3 Å². The second-order valence-corrected chi connectivity index (χ2v) is 3.12. The minimum absolute atomic E-state index is 0.770. The summed E-state index contributed by atoms with van der Waals surface area (Å²) in [6, 6.07) is 1.97. The third-order valence-electron chi connectivity index (χ3n) is 1.63. The van der Waals surface area contributed by atoms with Crippen molar-refractivity contribution in [2.75, 3.05) is 19.0 Å². The predicted octanol–water partition coefficient (Wildman–Crippen LogP) is 1.88. The van der Waals surface area contributed by atoms with Gasteiger partial charge in [-0.15, -0.1) is 0 Å². The highest BCUT2D eigenvalue weighted by Crippen LogP contribution is 2.09. The van der Waals surface area contributed by atoms with Gasteiger partial charge >= 0.3 is 0 Å². The first-order valence-corrected chi connectivity index (χ1v) is 4.29. The summed E-state index contributed by atoms with van der Waals surface area (Å²) in [7, 11) is 3.95. The molecule has 0 N–H and O–H groups in total. The van der Waals surface area contributed by atoms with Gasteiger partial charge in [0.05, 0.1) is 0 Å². The van der Waals surface area contributed by atoms with E-state index >= 15 is 0 Å². The van der Waals surface area contributed by atoms with Crippen LogP contribution < -0.4 is 4.90 Å². The van der Waals surface area contributed by atoms with Crippen LogP contribution in [-0.4, -0.2) is 24.1 Å². The standard InChI is InChI=1S/C10H15N3/c1-5-6-9-11-8(2)7-10(12-9)13(3)4/h5-7H,1-4H3. The van der Waals surface area contributed by atoms with Gasteiger partial charge in [0.15, 0.2) is 5.82 Å². The van der Waals surface area contributed by atoms with Crippen molar-refractivity contribution in [3.63, 3.8) is 0 Å². The number of aryl methyl sites for hydroxylation is 1. The molecule has 0 saturated carbocycles. The van der Waals surface area contributed by atoms with Crippen molar-refractivity contribution in [1.29, 1.82) is 0 Å². The maximum Gasteiger partial charge on any atom is 0.154 e. The van der Waals surface area contributed by atoms with E-state index in [4.69, 9.17) is 0 Å². The van der Waals surface area contributed by atoms with E-state index < -0.39 is 0 Å². The van der Waals surface area contributed by atoms with Crippen LogP contribution in [0.25, 0.3) is 6.08 Å². The Balaban J connectivity index is 3.11. The summed E-state index contributed by atoms with van der Waals surface area (Å²) in [6.45, 7) is 3.93. The smallest absolute Gasteiger partial charge is 0.154 e. The molecule has 0 atom stereocenters. The molecule has 0 aliphatic carbocycles. The molecule has 0 saturated heterocycles. The van der Waals surface area contributed by atoms with Gasteiger partial charge in [0.1, 0.15) is 5.82 Å². The van der Waals surface area contributed by atoms with E-state index in [-0.39, 0.29) is 0 Å². The van der Waals surface area contributed by atoms with Crippen LogP contribution in [0.4, 0.5) is 5.82 Å². The van der Waals surface area contributed by atoms with Gasteiger partial charge in [0.2, 0.25) is 0 Å². The fourth-order valence-corrected chi connectivity index (χ4v) is 1.03. The molecule has 0 radical (unpaired) electrons. The Kier molecular flexibility index (Phi) is 3.01. The minimum atomic E-state index is 0.770. The number of allylic oxidation sites excluding steroid dienone is 1. The number of anilines is 1. The molecule has 1 rings (SSSR count). The van der Waals surface area contributed by atoms with Gasteiger partial charge in [-0.3, -0.25) is 0 Å². The quantitative estimate of drug-likeness (QED) is 0.690. The van der Waals surface area contributed by atoms with Gasteiger partial charge in [0, 0.05) is 25.9 Å². The lowest BCUT2D eigenvalue weighted by Gasteiger charge is -2.11. The fourth-order valence-electron chi connectivity index (χ4n) is 1.03. The molecule has 13 heavy (non-hydrogen) atoms. The minimum Gasteiger partial charge on any atom is -0.363 e. The maximum absolute atomic E-state index is 4.35. The van der Waals surface area contributed by atoms with Gasteiger partial charge < -0.3 is 4.90 Å². The second kappa shape index (κ2) is 4.03. The van der Waals surface area contributed by atoms with Crippen LogP contribution >= 0.6 is 0 Å².